The Morgan fingerprint density at radius 3 is 1.62 bits per heavy atom. The summed E-state index contributed by atoms with van der Waals surface area (Å²) in [6, 6.07) is 29.8. The molecule has 1 aliphatic carbocycles. The van der Waals surface area contributed by atoms with Gasteiger partial charge in [0.25, 0.3) is 0 Å². The SMILES string of the molecule is N#C[C@@]1(S(=O)(=O)c2ccccc2)C(N)=C(S(=O)(=O)c2ccccc2)[C@H](c2ccccc2Cl)[C@H]1c1ccccc1Cl. The monoisotopic (exact) mass is 608 g/mol. The Balaban J connectivity index is 1.98. The molecule has 2 N–H and O–H groups in total. The van der Waals surface area contributed by atoms with Gasteiger partial charge in [-0.05, 0) is 47.5 Å². The molecule has 10 heteroatoms. The van der Waals surface area contributed by atoms with Crippen molar-refractivity contribution in [1.29, 1.82) is 5.26 Å². The molecule has 0 amide bonds. The molecule has 0 aromatic heterocycles. The number of benzene rings is 4. The van der Waals surface area contributed by atoms with Gasteiger partial charge in [0.1, 0.15) is 0 Å². The smallest absolute Gasteiger partial charge is 0.210 e. The second kappa shape index (κ2) is 10.4. The van der Waals surface area contributed by atoms with Crippen LogP contribution in [0.4, 0.5) is 0 Å². The van der Waals surface area contributed by atoms with Crippen molar-refractivity contribution in [3.63, 3.8) is 0 Å². The van der Waals surface area contributed by atoms with Gasteiger partial charge in [0.05, 0.1) is 26.5 Å². The number of allylic oxidation sites excluding steroid dienone is 1. The molecule has 40 heavy (non-hydrogen) atoms. The standard InChI is InChI=1S/C30H22Cl2N2O4S2/c31-24-17-9-7-15-22(24)26-27(23-16-8-10-18-25(23)32)30(19-33,40(37,38)21-13-5-2-6-14-21)29(34)28(26)39(35,36)20-11-3-1-4-12-20/h1-18,26-27H,34H2/t26-,27-,30+/m1/s1. The lowest BCUT2D eigenvalue weighted by molar-refractivity contribution is 0.527. The molecule has 0 bridgehead atoms. The highest BCUT2D eigenvalue weighted by Gasteiger charge is 2.65. The number of nitrogens with zero attached hydrogens (tertiary/aromatic N) is 1. The van der Waals surface area contributed by atoms with Gasteiger partial charge in [-0.1, -0.05) is 96.0 Å². The number of halogens is 2. The van der Waals surface area contributed by atoms with E-state index in [2.05, 4.69) is 0 Å². The Morgan fingerprint density at radius 2 is 1.12 bits per heavy atom. The molecule has 0 fully saturated rings. The van der Waals surface area contributed by atoms with Gasteiger partial charge < -0.3 is 5.73 Å². The third-order valence-electron chi connectivity index (χ3n) is 7.19. The van der Waals surface area contributed by atoms with Gasteiger partial charge >= 0.3 is 0 Å². The van der Waals surface area contributed by atoms with E-state index in [1.165, 1.54) is 36.4 Å². The van der Waals surface area contributed by atoms with Crippen molar-refractivity contribution in [2.75, 3.05) is 0 Å². The van der Waals surface area contributed by atoms with Crippen molar-refractivity contribution in [2.24, 2.45) is 5.73 Å². The van der Waals surface area contributed by atoms with Crippen LogP contribution in [0.1, 0.15) is 23.0 Å². The minimum atomic E-state index is -4.65. The summed E-state index contributed by atoms with van der Waals surface area (Å²) < 4.78 is 55.3. The molecule has 0 heterocycles. The van der Waals surface area contributed by atoms with E-state index in [1.807, 2.05) is 6.07 Å². The molecule has 4 aromatic carbocycles. The highest BCUT2D eigenvalue weighted by molar-refractivity contribution is 7.96. The second-order valence-electron chi connectivity index (χ2n) is 9.26. The third-order valence-corrected chi connectivity index (χ3v) is 12.1. The van der Waals surface area contributed by atoms with Crippen LogP contribution in [0, 0.1) is 11.3 Å². The van der Waals surface area contributed by atoms with Crippen LogP contribution >= 0.6 is 23.2 Å². The number of nitrogens with two attached hydrogens (primary N) is 1. The summed E-state index contributed by atoms with van der Waals surface area (Å²) >= 11 is 13.3. The number of sulfone groups is 2. The van der Waals surface area contributed by atoms with E-state index >= 15 is 0 Å². The zero-order chi connectivity index (χ0) is 28.7. The molecular formula is C30H22Cl2N2O4S2. The molecule has 5 rings (SSSR count). The minimum Gasteiger partial charge on any atom is -0.399 e. The molecule has 0 saturated heterocycles. The number of hydrogen-bond acceptors (Lipinski definition) is 6. The van der Waals surface area contributed by atoms with Gasteiger partial charge in [-0.25, -0.2) is 16.8 Å². The van der Waals surface area contributed by atoms with Gasteiger partial charge in [-0.15, -0.1) is 0 Å². The van der Waals surface area contributed by atoms with Gasteiger partial charge in [0, 0.05) is 21.9 Å². The van der Waals surface area contributed by atoms with Crippen molar-refractivity contribution >= 4 is 42.9 Å². The quantitative estimate of drug-likeness (QED) is 0.276. The average molecular weight is 610 g/mol. The Labute approximate surface area is 243 Å². The lowest BCUT2D eigenvalue weighted by Gasteiger charge is -2.34. The van der Waals surface area contributed by atoms with E-state index in [4.69, 9.17) is 28.9 Å². The van der Waals surface area contributed by atoms with Crippen molar-refractivity contribution < 1.29 is 16.8 Å². The number of rotatable bonds is 6. The normalized spacial score (nSPS) is 21.2. The maximum Gasteiger partial charge on any atom is 0.210 e. The van der Waals surface area contributed by atoms with Crippen molar-refractivity contribution in [2.45, 2.75) is 26.4 Å². The van der Waals surface area contributed by atoms with Crippen LogP contribution in [0.2, 0.25) is 10.0 Å². The van der Waals surface area contributed by atoms with Gasteiger partial charge in [0.2, 0.25) is 24.4 Å². The molecule has 202 valence electrons. The summed E-state index contributed by atoms with van der Waals surface area (Å²) in [4.78, 5) is -0.695. The fourth-order valence-electron chi connectivity index (χ4n) is 5.40. The highest BCUT2D eigenvalue weighted by Crippen LogP contribution is 2.61. The fraction of sp³-hybridized carbons (Fsp3) is 0.100. The maximum atomic E-state index is 14.6. The molecule has 6 nitrogen and oxygen atoms in total. The van der Waals surface area contributed by atoms with Crippen LogP contribution < -0.4 is 5.73 Å². The van der Waals surface area contributed by atoms with Crippen LogP contribution in [0.5, 0.6) is 0 Å². The molecule has 0 saturated carbocycles. The summed E-state index contributed by atoms with van der Waals surface area (Å²) in [5, 5.41) is 11.2. The first-order valence-corrected chi connectivity index (χ1v) is 15.8. The summed E-state index contributed by atoms with van der Waals surface area (Å²) in [5.41, 5.74) is 6.64. The molecule has 1 aliphatic rings. The number of nitriles is 1. The highest BCUT2D eigenvalue weighted by atomic mass is 35.5. The summed E-state index contributed by atoms with van der Waals surface area (Å²) in [6.45, 7) is 0. The third kappa shape index (κ3) is 4.13. The van der Waals surface area contributed by atoms with Crippen molar-refractivity contribution in [3.05, 3.63) is 141 Å². The Kier molecular flexibility index (Phi) is 7.28. The van der Waals surface area contributed by atoms with Crippen LogP contribution in [-0.2, 0) is 19.7 Å². The first-order valence-electron chi connectivity index (χ1n) is 12.1. The average Bonchev–Trinajstić information content (AvgIpc) is 3.24. The van der Waals surface area contributed by atoms with Crippen LogP contribution in [0.15, 0.2) is 130 Å². The zero-order valence-electron chi connectivity index (χ0n) is 20.8. The van der Waals surface area contributed by atoms with E-state index in [9.17, 15) is 22.1 Å². The predicted octanol–water partition coefficient (Wildman–Crippen LogP) is 6.25. The molecule has 0 unspecified atom stereocenters. The Hall–Kier alpha value is -3.61. The molecule has 0 spiro atoms. The number of hydrogen-bond donors (Lipinski definition) is 1. The van der Waals surface area contributed by atoms with Crippen molar-refractivity contribution in [1.82, 2.24) is 0 Å². The molecule has 0 radical (unpaired) electrons. The lowest BCUT2D eigenvalue weighted by atomic mass is 9.78. The van der Waals surface area contributed by atoms with Crippen molar-refractivity contribution in [3.8, 4) is 6.07 Å². The molecule has 4 aromatic rings. The van der Waals surface area contributed by atoms with E-state index < -0.39 is 46.9 Å². The van der Waals surface area contributed by atoms with Gasteiger partial charge in [-0.2, -0.15) is 5.26 Å². The fourth-order valence-corrected chi connectivity index (χ4v) is 9.80. The van der Waals surface area contributed by atoms with Crippen LogP contribution in [-0.4, -0.2) is 21.6 Å². The van der Waals surface area contributed by atoms with E-state index in [0.29, 0.717) is 5.56 Å². The van der Waals surface area contributed by atoms with Gasteiger partial charge in [-0.3, -0.25) is 0 Å². The largest absolute Gasteiger partial charge is 0.399 e. The molecule has 0 aliphatic heterocycles. The zero-order valence-corrected chi connectivity index (χ0v) is 23.9. The topological polar surface area (TPSA) is 118 Å². The Morgan fingerprint density at radius 1 is 0.675 bits per heavy atom. The van der Waals surface area contributed by atoms with Crippen LogP contribution in [0.25, 0.3) is 0 Å². The summed E-state index contributed by atoms with van der Waals surface area (Å²) in [6.07, 6.45) is 0. The summed E-state index contributed by atoms with van der Waals surface area (Å²) in [7, 11) is -9.09. The predicted molar refractivity (Wildman–Crippen MR) is 155 cm³/mol. The second-order valence-corrected chi connectivity index (χ2v) is 14.1. The van der Waals surface area contributed by atoms with E-state index in [-0.39, 0.29) is 25.4 Å². The first kappa shape index (κ1) is 27.9. The lowest BCUT2D eigenvalue weighted by Crippen LogP contribution is -2.46. The van der Waals surface area contributed by atoms with E-state index in [1.54, 1.807) is 72.8 Å². The maximum absolute atomic E-state index is 14.6. The molecule has 3 atom stereocenters. The van der Waals surface area contributed by atoms with Crippen LogP contribution in [0.3, 0.4) is 0 Å². The van der Waals surface area contributed by atoms with Gasteiger partial charge in [0.15, 0.2) is 0 Å². The Bertz CT molecular complexity index is 1890. The first-order chi connectivity index (χ1) is 19.1. The molecular weight excluding hydrogens is 587 g/mol. The van der Waals surface area contributed by atoms with E-state index in [0.717, 1.165) is 0 Å². The minimum absolute atomic E-state index is 0.103. The summed E-state index contributed by atoms with van der Waals surface area (Å²) in [5.74, 6) is -2.64.